The minimum atomic E-state index is -0.462. The van der Waals surface area contributed by atoms with Crippen LogP contribution in [0.1, 0.15) is 25.5 Å². The summed E-state index contributed by atoms with van der Waals surface area (Å²) in [6.07, 6.45) is -0.548. The highest BCUT2D eigenvalue weighted by Crippen LogP contribution is 2.38. The average Bonchev–Trinajstić information content (AvgIpc) is 2.45. The first kappa shape index (κ1) is 8.57. The molecule has 1 aliphatic rings. The van der Waals surface area contributed by atoms with Crippen LogP contribution in [0.3, 0.4) is 0 Å². The van der Waals surface area contributed by atoms with Gasteiger partial charge in [0.15, 0.2) is 0 Å². The molecule has 1 aliphatic heterocycles. The van der Waals surface area contributed by atoms with Crippen molar-refractivity contribution in [1.82, 2.24) is 0 Å². The maximum absolute atomic E-state index is 9.89. The Morgan fingerprint density at radius 1 is 1.31 bits per heavy atom. The Hall–Kier alpha value is -1.02. The summed E-state index contributed by atoms with van der Waals surface area (Å²) in [4.78, 5) is 0. The van der Waals surface area contributed by atoms with Crippen LogP contribution in [-0.4, -0.2) is 11.2 Å². The Balaban J connectivity index is 2.32. The van der Waals surface area contributed by atoms with Crippen molar-refractivity contribution in [3.05, 3.63) is 29.8 Å². The van der Waals surface area contributed by atoms with Gasteiger partial charge >= 0.3 is 0 Å². The van der Waals surface area contributed by atoms with E-state index in [0.29, 0.717) is 5.92 Å². The van der Waals surface area contributed by atoms with E-state index in [1.807, 2.05) is 24.3 Å². The minimum Gasteiger partial charge on any atom is -0.487 e. The van der Waals surface area contributed by atoms with Crippen molar-refractivity contribution in [2.75, 3.05) is 0 Å². The molecule has 0 saturated heterocycles. The first-order valence-corrected chi connectivity index (χ1v) is 4.64. The molecule has 13 heavy (non-hydrogen) atoms. The van der Waals surface area contributed by atoms with Crippen molar-refractivity contribution in [2.24, 2.45) is 5.92 Å². The average molecular weight is 178 g/mol. The summed E-state index contributed by atoms with van der Waals surface area (Å²) in [6, 6.07) is 7.67. The van der Waals surface area contributed by atoms with Crippen molar-refractivity contribution in [1.29, 1.82) is 0 Å². The van der Waals surface area contributed by atoms with Gasteiger partial charge in [0.2, 0.25) is 0 Å². The SMILES string of the molecule is CC(C)C1Oc2ccccc2C1O. The van der Waals surface area contributed by atoms with Crippen LogP contribution in [0.2, 0.25) is 0 Å². The molecule has 0 aliphatic carbocycles. The summed E-state index contributed by atoms with van der Waals surface area (Å²) in [5.74, 6) is 1.16. The third kappa shape index (κ3) is 1.31. The highest BCUT2D eigenvalue weighted by atomic mass is 16.5. The molecule has 1 aromatic rings. The molecule has 2 rings (SSSR count). The van der Waals surface area contributed by atoms with E-state index in [1.165, 1.54) is 0 Å². The molecule has 1 heterocycles. The van der Waals surface area contributed by atoms with Crippen molar-refractivity contribution >= 4 is 0 Å². The minimum absolute atomic E-state index is 0.0857. The second-order valence-electron chi connectivity index (χ2n) is 3.81. The Morgan fingerprint density at radius 2 is 2.00 bits per heavy atom. The third-order valence-electron chi connectivity index (χ3n) is 2.47. The summed E-state index contributed by atoms with van der Waals surface area (Å²) in [6.45, 7) is 4.11. The standard InChI is InChI=1S/C11H14O2/c1-7(2)11-10(12)8-5-3-4-6-9(8)13-11/h3-7,10-12H,1-2H3. The van der Waals surface area contributed by atoms with Gasteiger partial charge in [-0.25, -0.2) is 0 Å². The summed E-state index contributed by atoms with van der Waals surface area (Å²) in [5.41, 5.74) is 0.918. The molecule has 0 aromatic heterocycles. The van der Waals surface area contributed by atoms with E-state index >= 15 is 0 Å². The summed E-state index contributed by atoms with van der Waals surface area (Å²) < 4.78 is 5.63. The Labute approximate surface area is 78.2 Å². The first-order valence-electron chi connectivity index (χ1n) is 4.64. The van der Waals surface area contributed by atoms with Crippen LogP contribution in [0.15, 0.2) is 24.3 Å². The number of para-hydroxylation sites is 1. The van der Waals surface area contributed by atoms with Gasteiger partial charge in [0, 0.05) is 5.56 Å². The van der Waals surface area contributed by atoms with E-state index in [1.54, 1.807) is 0 Å². The molecule has 2 unspecified atom stereocenters. The van der Waals surface area contributed by atoms with E-state index < -0.39 is 6.10 Å². The molecule has 1 N–H and O–H groups in total. The number of rotatable bonds is 1. The lowest BCUT2D eigenvalue weighted by molar-refractivity contribution is 0.0383. The number of ether oxygens (including phenoxy) is 1. The van der Waals surface area contributed by atoms with E-state index in [4.69, 9.17) is 4.74 Å². The van der Waals surface area contributed by atoms with Gasteiger partial charge in [-0.1, -0.05) is 32.0 Å². The van der Waals surface area contributed by atoms with Gasteiger partial charge in [-0.05, 0) is 12.0 Å². The number of aliphatic hydroxyl groups excluding tert-OH is 1. The molecule has 2 nitrogen and oxygen atoms in total. The zero-order valence-corrected chi connectivity index (χ0v) is 7.90. The lowest BCUT2D eigenvalue weighted by Crippen LogP contribution is -2.24. The van der Waals surface area contributed by atoms with Crippen LogP contribution in [0, 0.1) is 5.92 Å². The molecule has 0 fully saturated rings. The van der Waals surface area contributed by atoms with Crippen molar-refractivity contribution in [2.45, 2.75) is 26.1 Å². The predicted octanol–water partition coefficient (Wildman–Crippen LogP) is 2.14. The largest absolute Gasteiger partial charge is 0.487 e. The second-order valence-corrected chi connectivity index (χ2v) is 3.81. The van der Waals surface area contributed by atoms with Gasteiger partial charge < -0.3 is 9.84 Å². The van der Waals surface area contributed by atoms with Gasteiger partial charge in [0.25, 0.3) is 0 Å². The van der Waals surface area contributed by atoms with Crippen LogP contribution in [0.5, 0.6) is 5.75 Å². The fourth-order valence-corrected chi connectivity index (χ4v) is 1.72. The van der Waals surface area contributed by atoms with E-state index in [0.717, 1.165) is 11.3 Å². The monoisotopic (exact) mass is 178 g/mol. The van der Waals surface area contributed by atoms with Gasteiger partial charge in [-0.2, -0.15) is 0 Å². The molecule has 70 valence electrons. The molecule has 0 saturated carbocycles. The quantitative estimate of drug-likeness (QED) is 0.714. The van der Waals surface area contributed by atoms with E-state index in [2.05, 4.69) is 13.8 Å². The van der Waals surface area contributed by atoms with Crippen LogP contribution < -0.4 is 4.74 Å². The zero-order chi connectivity index (χ0) is 9.42. The van der Waals surface area contributed by atoms with Gasteiger partial charge in [-0.15, -0.1) is 0 Å². The molecule has 1 aromatic carbocycles. The van der Waals surface area contributed by atoms with Crippen molar-refractivity contribution in [3.63, 3.8) is 0 Å². The number of fused-ring (bicyclic) bond motifs is 1. The van der Waals surface area contributed by atoms with Crippen LogP contribution in [0.4, 0.5) is 0 Å². The summed E-state index contributed by atoms with van der Waals surface area (Å²) in [5, 5.41) is 9.89. The Morgan fingerprint density at radius 3 is 2.62 bits per heavy atom. The van der Waals surface area contributed by atoms with Crippen molar-refractivity contribution < 1.29 is 9.84 Å². The Bertz CT molecular complexity index is 307. The molecule has 2 atom stereocenters. The topological polar surface area (TPSA) is 29.5 Å². The van der Waals surface area contributed by atoms with Gasteiger partial charge in [0.05, 0.1) is 0 Å². The molecule has 0 spiro atoms. The molecular formula is C11H14O2. The molecular weight excluding hydrogens is 164 g/mol. The maximum Gasteiger partial charge on any atom is 0.131 e. The van der Waals surface area contributed by atoms with Crippen molar-refractivity contribution in [3.8, 4) is 5.75 Å². The Kier molecular flexibility index (Phi) is 2.00. The van der Waals surface area contributed by atoms with Gasteiger partial charge in [0.1, 0.15) is 18.0 Å². The number of benzene rings is 1. The fraction of sp³-hybridized carbons (Fsp3) is 0.455. The number of hydrogen-bond donors (Lipinski definition) is 1. The zero-order valence-electron chi connectivity index (χ0n) is 7.90. The lowest BCUT2D eigenvalue weighted by atomic mass is 9.99. The smallest absolute Gasteiger partial charge is 0.131 e. The van der Waals surface area contributed by atoms with Crippen LogP contribution >= 0.6 is 0 Å². The first-order chi connectivity index (χ1) is 6.20. The van der Waals surface area contributed by atoms with E-state index in [9.17, 15) is 5.11 Å². The van der Waals surface area contributed by atoms with Crippen LogP contribution in [0.25, 0.3) is 0 Å². The highest BCUT2D eigenvalue weighted by molar-refractivity contribution is 5.39. The maximum atomic E-state index is 9.89. The van der Waals surface area contributed by atoms with Gasteiger partial charge in [-0.3, -0.25) is 0 Å². The number of aliphatic hydroxyl groups is 1. The second kappa shape index (κ2) is 3.04. The van der Waals surface area contributed by atoms with Crippen LogP contribution in [-0.2, 0) is 0 Å². The lowest BCUT2D eigenvalue weighted by Gasteiger charge is -2.17. The molecule has 0 amide bonds. The third-order valence-corrected chi connectivity index (χ3v) is 2.47. The number of hydrogen-bond acceptors (Lipinski definition) is 2. The molecule has 0 radical (unpaired) electrons. The molecule has 2 heteroatoms. The summed E-state index contributed by atoms with van der Waals surface area (Å²) >= 11 is 0. The normalized spacial score (nSPS) is 25.8. The predicted molar refractivity (Wildman–Crippen MR) is 50.7 cm³/mol. The fourth-order valence-electron chi connectivity index (χ4n) is 1.72. The van der Waals surface area contributed by atoms with E-state index in [-0.39, 0.29) is 6.10 Å². The summed E-state index contributed by atoms with van der Waals surface area (Å²) in [7, 11) is 0. The highest BCUT2D eigenvalue weighted by Gasteiger charge is 2.34. The molecule has 0 bridgehead atoms.